The molecule has 0 saturated carbocycles. The zero-order chi connectivity index (χ0) is 21.2. The van der Waals surface area contributed by atoms with Gasteiger partial charge in [-0.05, 0) is 48.2 Å². The maximum absolute atomic E-state index is 12.8. The molecule has 0 aliphatic carbocycles. The summed E-state index contributed by atoms with van der Waals surface area (Å²) in [6, 6.07) is 12.1. The highest BCUT2D eigenvalue weighted by Crippen LogP contribution is 2.15. The molecular formula is C20H21N3O5S. The van der Waals surface area contributed by atoms with Crippen LogP contribution in [-0.2, 0) is 4.79 Å². The van der Waals surface area contributed by atoms with E-state index in [1.807, 2.05) is 6.26 Å². The molecule has 0 saturated heterocycles. The van der Waals surface area contributed by atoms with Crippen molar-refractivity contribution in [3.05, 3.63) is 65.2 Å². The van der Waals surface area contributed by atoms with Gasteiger partial charge in [0.2, 0.25) is 0 Å². The summed E-state index contributed by atoms with van der Waals surface area (Å²) in [5, 5.41) is 14.8. The molecule has 2 rings (SSSR count). The average Bonchev–Trinajstić information content (AvgIpc) is 2.72. The van der Waals surface area contributed by atoms with Gasteiger partial charge >= 0.3 is 5.97 Å². The summed E-state index contributed by atoms with van der Waals surface area (Å²) in [5.41, 5.74) is 1.56. The van der Waals surface area contributed by atoms with Crippen LogP contribution in [0.5, 0.6) is 5.75 Å². The Morgan fingerprint density at radius 1 is 1.14 bits per heavy atom. The van der Waals surface area contributed by atoms with Gasteiger partial charge in [0, 0.05) is 16.9 Å². The quantitative estimate of drug-likeness (QED) is 0.233. The number of benzene rings is 2. The first kappa shape index (κ1) is 22.0. The molecule has 9 heteroatoms. The van der Waals surface area contributed by atoms with Crippen LogP contribution in [0.3, 0.4) is 0 Å². The number of amides is 1. The van der Waals surface area contributed by atoms with Gasteiger partial charge in [0.15, 0.2) is 12.4 Å². The Bertz CT molecular complexity index is 882. The minimum Gasteiger partial charge on any atom is -0.482 e. The van der Waals surface area contributed by atoms with Crippen LogP contribution in [-0.4, -0.2) is 53.6 Å². The van der Waals surface area contributed by atoms with E-state index < -0.39 is 18.6 Å². The van der Waals surface area contributed by atoms with Crippen LogP contribution in [0.1, 0.15) is 26.3 Å². The molecule has 1 atom stereocenters. The average molecular weight is 415 g/mol. The van der Waals surface area contributed by atoms with Gasteiger partial charge in [-0.25, -0.2) is 4.79 Å². The van der Waals surface area contributed by atoms with Crippen molar-refractivity contribution in [1.82, 2.24) is 5.32 Å². The molecule has 1 amide bonds. The normalized spacial score (nSPS) is 11.8. The van der Waals surface area contributed by atoms with E-state index in [9.17, 15) is 14.4 Å². The predicted octanol–water partition coefficient (Wildman–Crippen LogP) is 1.79. The second kappa shape index (κ2) is 10.9. The molecule has 0 heterocycles. The zero-order valence-corrected chi connectivity index (χ0v) is 16.5. The summed E-state index contributed by atoms with van der Waals surface area (Å²) >= 11 is 1.44. The SMILES string of the molecule is CSC[C@H](NC(=O)c1ccc(C=NN)cc1)C(=O)c1ccc(OCC(=O)O)cc1. The van der Waals surface area contributed by atoms with Crippen LogP contribution in [0, 0.1) is 0 Å². The highest BCUT2D eigenvalue weighted by molar-refractivity contribution is 7.98. The van der Waals surface area contributed by atoms with E-state index in [1.54, 1.807) is 36.4 Å². The van der Waals surface area contributed by atoms with Gasteiger partial charge in [0.05, 0.1) is 6.21 Å². The van der Waals surface area contributed by atoms with Gasteiger partial charge < -0.3 is 21.0 Å². The number of carbonyl (C=O) groups is 3. The van der Waals surface area contributed by atoms with E-state index in [2.05, 4.69) is 10.4 Å². The number of nitrogens with zero attached hydrogens (tertiary/aromatic N) is 1. The van der Waals surface area contributed by atoms with Gasteiger partial charge in [-0.2, -0.15) is 16.9 Å². The minimum atomic E-state index is -1.09. The smallest absolute Gasteiger partial charge is 0.341 e. The summed E-state index contributed by atoms with van der Waals surface area (Å²) in [4.78, 5) is 35.9. The standard InChI is InChI=1S/C20H21N3O5S/c1-29-12-17(23-20(27)15-4-2-13(3-5-15)10-22-21)19(26)14-6-8-16(9-7-14)28-11-18(24)25/h2-10,17H,11-12,21H2,1H3,(H,23,27)(H,24,25)/t17-/m0/s1. The Balaban J connectivity index is 2.08. The number of Topliss-reactive ketones (excluding diaryl/α,β-unsaturated/α-hetero) is 1. The Morgan fingerprint density at radius 3 is 2.31 bits per heavy atom. The van der Waals surface area contributed by atoms with E-state index in [-0.39, 0.29) is 11.7 Å². The predicted molar refractivity (Wildman–Crippen MR) is 112 cm³/mol. The number of thioether (sulfide) groups is 1. The molecule has 0 aliphatic heterocycles. The van der Waals surface area contributed by atoms with Crippen molar-refractivity contribution in [2.75, 3.05) is 18.6 Å². The van der Waals surface area contributed by atoms with Crippen molar-refractivity contribution < 1.29 is 24.2 Å². The number of nitrogens with one attached hydrogen (secondary N) is 1. The van der Waals surface area contributed by atoms with Crippen molar-refractivity contribution in [1.29, 1.82) is 0 Å². The van der Waals surface area contributed by atoms with Gasteiger partial charge in [-0.15, -0.1) is 0 Å². The molecule has 2 aromatic carbocycles. The van der Waals surface area contributed by atoms with Crippen LogP contribution in [0.2, 0.25) is 0 Å². The molecule has 2 aromatic rings. The zero-order valence-electron chi connectivity index (χ0n) is 15.7. The number of hydrazone groups is 1. The van der Waals surface area contributed by atoms with Crippen LogP contribution in [0.4, 0.5) is 0 Å². The molecule has 0 radical (unpaired) electrons. The van der Waals surface area contributed by atoms with Crippen LogP contribution in [0.25, 0.3) is 0 Å². The number of aliphatic carboxylic acids is 1. The summed E-state index contributed by atoms with van der Waals surface area (Å²) in [5.74, 6) is 4.15. The van der Waals surface area contributed by atoms with E-state index in [4.69, 9.17) is 15.7 Å². The van der Waals surface area contributed by atoms with Crippen molar-refractivity contribution in [2.24, 2.45) is 10.9 Å². The maximum Gasteiger partial charge on any atom is 0.341 e. The molecule has 29 heavy (non-hydrogen) atoms. The highest BCUT2D eigenvalue weighted by atomic mass is 32.2. The molecule has 0 fully saturated rings. The second-order valence-corrected chi connectivity index (χ2v) is 6.86. The fourth-order valence-corrected chi connectivity index (χ4v) is 3.03. The molecule has 0 aromatic heterocycles. The van der Waals surface area contributed by atoms with Gasteiger partial charge in [-0.3, -0.25) is 9.59 Å². The van der Waals surface area contributed by atoms with Crippen molar-refractivity contribution in [2.45, 2.75) is 6.04 Å². The number of carboxylic acid groups (broad SMARTS) is 1. The lowest BCUT2D eigenvalue weighted by atomic mass is 10.0. The van der Waals surface area contributed by atoms with Crippen molar-refractivity contribution >= 4 is 35.6 Å². The number of carbonyl (C=O) groups excluding carboxylic acids is 2. The summed E-state index contributed by atoms with van der Waals surface area (Å²) < 4.78 is 5.06. The topological polar surface area (TPSA) is 131 Å². The summed E-state index contributed by atoms with van der Waals surface area (Å²) in [6.07, 6.45) is 3.31. The first-order valence-corrected chi connectivity index (χ1v) is 9.96. The first-order valence-electron chi connectivity index (χ1n) is 8.56. The molecular weight excluding hydrogens is 394 g/mol. The van der Waals surface area contributed by atoms with Crippen molar-refractivity contribution in [3.8, 4) is 5.75 Å². The van der Waals surface area contributed by atoms with Gasteiger partial charge in [-0.1, -0.05) is 12.1 Å². The number of hydrogen-bond donors (Lipinski definition) is 3. The van der Waals surface area contributed by atoms with Crippen LogP contribution >= 0.6 is 11.8 Å². The van der Waals surface area contributed by atoms with Crippen LogP contribution in [0.15, 0.2) is 53.6 Å². The van der Waals surface area contributed by atoms with E-state index in [1.165, 1.54) is 30.1 Å². The molecule has 0 aliphatic rings. The Hall–Kier alpha value is -3.33. The van der Waals surface area contributed by atoms with Crippen LogP contribution < -0.4 is 15.9 Å². The molecule has 4 N–H and O–H groups in total. The Morgan fingerprint density at radius 2 is 1.76 bits per heavy atom. The number of nitrogens with two attached hydrogens (primary N) is 1. The molecule has 152 valence electrons. The third kappa shape index (κ3) is 6.65. The molecule has 8 nitrogen and oxygen atoms in total. The lowest BCUT2D eigenvalue weighted by Crippen LogP contribution is -2.42. The fourth-order valence-electron chi connectivity index (χ4n) is 2.46. The number of carboxylic acids is 1. The monoisotopic (exact) mass is 415 g/mol. The number of ketones is 1. The molecule has 0 bridgehead atoms. The summed E-state index contributed by atoms with van der Waals surface area (Å²) in [7, 11) is 0. The summed E-state index contributed by atoms with van der Waals surface area (Å²) in [6.45, 7) is -0.464. The molecule has 0 spiro atoms. The first-order chi connectivity index (χ1) is 13.9. The minimum absolute atomic E-state index is 0.246. The fraction of sp³-hybridized carbons (Fsp3) is 0.200. The molecule has 0 unspecified atom stereocenters. The Kier molecular flexibility index (Phi) is 8.23. The largest absolute Gasteiger partial charge is 0.482 e. The van der Waals surface area contributed by atoms with Crippen molar-refractivity contribution in [3.63, 3.8) is 0 Å². The number of hydrogen-bond acceptors (Lipinski definition) is 7. The van der Waals surface area contributed by atoms with E-state index in [0.29, 0.717) is 22.6 Å². The number of rotatable bonds is 10. The van der Waals surface area contributed by atoms with E-state index in [0.717, 1.165) is 5.56 Å². The Labute approximate surface area is 172 Å². The lowest BCUT2D eigenvalue weighted by molar-refractivity contribution is -0.139. The number of ether oxygens (including phenoxy) is 1. The third-order valence-electron chi connectivity index (χ3n) is 3.85. The third-order valence-corrected chi connectivity index (χ3v) is 4.52. The maximum atomic E-state index is 12.8. The second-order valence-electron chi connectivity index (χ2n) is 5.95. The van der Waals surface area contributed by atoms with Gasteiger partial charge in [0.1, 0.15) is 11.8 Å². The lowest BCUT2D eigenvalue weighted by Gasteiger charge is -2.17. The highest BCUT2D eigenvalue weighted by Gasteiger charge is 2.22. The van der Waals surface area contributed by atoms with Gasteiger partial charge in [0.25, 0.3) is 5.91 Å². The van der Waals surface area contributed by atoms with E-state index >= 15 is 0 Å².